The molecule has 0 saturated heterocycles. The average molecular weight is 527 g/mol. The van der Waals surface area contributed by atoms with Crippen LogP contribution < -0.4 is 0 Å². The van der Waals surface area contributed by atoms with Crippen LogP contribution in [-0.4, -0.2) is 27.0 Å². The maximum Gasteiger partial charge on any atom is 0.309 e. The van der Waals surface area contributed by atoms with Gasteiger partial charge in [0, 0.05) is 16.1 Å². The molecule has 4 nitrogen and oxygen atoms in total. The van der Waals surface area contributed by atoms with Gasteiger partial charge in [-0.2, -0.15) is 0 Å². The maximum atomic E-state index is 11.8. The fourth-order valence-corrected chi connectivity index (χ4v) is 7.29. The molecule has 1 aliphatic rings. The normalized spacial score (nSPS) is 20.8. The van der Waals surface area contributed by atoms with Crippen molar-refractivity contribution < 1.29 is 20.1 Å². The van der Waals surface area contributed by atoms with Crippen LogP contribution in [0, 0.1) is 5.41 Å². The molecular weight excluding hydrogens is 480 g/mol. The predicted octanol–water partition coefficient (Wildman–Crippen LogP) is 9.04. The third-order valence-corrected chi connectivity index (χ3v) is 9.92. The van der Waals surface area contributed by atoms with Gasteiger partial charge in [0.05, 0.1) is 5.41 Å². The summed E-state index contributed by atoms with van der Waals surface area (Å²) in [4.78, 5) is 13.0. The summed E-state index contributed by atoms with van der Waals surface area (Å²) in [6, 6.07) is 13.5. The fraction of sp³-hybridized carbons (Fsp3) is 0.594. The first kappa shape index (κ1) is 29.4. The van der Waals surface area contributed by atoms with E-state index in [1.807, 2.05) is 30.8 Å². The first-order valence-corrected chi connectivity index (χ1v) is 15.2. The number of unbranched alkanes of at least 4 members (excludes halogenated alkanes) is 7. The summed E-state index contributed by atoms with van der Waals surface area (Å²) in [5, 5.41) is 29.6. The molecule has 0 aromatic heterocycles. The number of fused-ring (bicyclic) bond motifs is 1. The molecule has 204 valence electrons. The van der Waals surface area contributed by atoms with Gasteiger partial charge in [0.2, 0.25) is 0 Å². The molecule has 3 rings (SSSR count). The van der Waals surface area contributed by atoms with E-state index in [1.165, 1.54) is 28.9 Å². The zero-order valence-corrected chi connectivity index (χ0v) is 23.8. The smallest absolute Gasteiger partial charge is 0.309 e. The van der Waals surface area contributed by atoms with Crippen LogP contribution >= 0.6 is 11.8 Å². The Kier molecular flexibility index (Phi) is 10.8. The lowest BCUT2D eigenvalue weighted by Gasteiger charge is -2.43. The van der Waals surface area contributed by atoms with Crippen molar-refractivity contribution >= 4 is 17.7 Å². The molecule has 1 aliphatic heterocycles. The van der Waals surface area contributed by atoms with Gasteiger partial charge in [-0.1, -0.05) is 89.8 Å². The minimum Gasteiger partial charge on any atom is -0.508 e. The Morgan fingerprint density at radius 1 is 0.919 bits per heavy atom. The van der Waals surface area contributed by atoms with E-state index < -0.39 is 11.4 Å². The summed E-state index contributed by atoms with van der Waals surface area (Å²) in [5.41, 5.74) is 1.96. The highest BCUT2D eigenvalue weighted by Gasteiger charge is 2.41. The Morgan fingerprint density at radius 3 is 2.16 bits per heavy atom. The molecule has 0 amide bonds. The Morgan fingerprint density at radius 2 is 1.51 bits per heavy atom. The number of aromatic hydroxyl groups is 2. The van der Waals surface area contributed by atoms with Crippen LogP contribution in [0.5, 0.6) is 11.5 Å². The quantitative estimate of drug-likeness (QED) is 0.202. The van der Waals surface area contributed by atoms with Crippen LogP contribution in [0.25, 0.3) is 0 Å². The highest BCUT2D eigenvalue weighted by Crippen LogP contribution is 2.52. The molecule has 1 unspecified atom stereocenters. The van der Waals surface area contributed by atoms with Crippen LogP contribution in [0.3, 0.4) is 0 Å². The molecule has 2 aromatic carbocycles. The third-order valence-electron chi connectivity index (χ3n) is 8.52. The first-order chi connectivity index (χ1) is 17.7. The van der Waals surface area contributed by atoms with Gasteiger partial charge < -0.3 is 15.3 Å². The first-order valence-electron chi connectivity index (χ1n) is 14.2. The van der Waals surface area contributed by atoms with E-state index in [-0.39, 0.29) is 5.41 Å². The summed E-state index contributed by atoms with van der Waals surface area (Å²) in [5.74, 6) is 1.28. The summed E-state index contributed by atoms with van der Waals surface area (Å²) < 4.78 is 0. The molecule has 0 aliphatic carbocycles. The molecule has 1 heterocycles. The SMILES string of the molecule is CCCCCC(C)(CCCCCCCC[C@@H]1c2ccc(O)cc2SC[C@]1(C)c1ccc(O)cc1)C(=O)O. The van der Waals surface area contributed by atoms with Gasteiger partial charge in [-0.3, -0.25) is 4.79 Å². The average Bonchev–Trinajstić information content (AvgIpc) is 2.87. The van der Waals surface area contributed by atoms with Gasteiger partial charge in [-0.15, -0.1) is 11.8 Å². The maximum absolute atomic E-state index is 11.8. The second kappa shape index (κ2) is 13.6. The number of phenols is 2. The Balaban J connectivity index is 1.52. The molecule has 3 N–H and O–H groups in total. The van der Waals surface area contributed by atoms with E-state index in [0.29, 0.717) is 17.4 Å². The lowest BCUT2D eigenvalue weighted by atomic mass is 9.68. The number of hydrogen-bond acceptors (Lipinski definition) is 4. The number of thioether (sulfide) groups is 1. The zero-order valence-electron chi connectivity index (χ0n) is 23.0. The van der Waals surface area contributed by atoms with Crippen molar-refractivity contribution in [3.8, 4) is 11.5 Å². The summed E-state index contributed by atoms with van der Waals surface area (Å²) >= 11 is 1.81. The second-order valence-corrected chi connectivity index (χ2v) is 12.5. The van der Waals surface area contributed by atoms with E-state index in [4.69, 9.17) is 0 Å². The van der Waals surface area contributed by atoms with Crippen molar-refractivity contribution in [1.82, 2.24) is 0 Å². The van der Waals surface area contributed by atoms with Crippen LogP contribution in [0.15, 0.2) is 47.4 Å². The standard InChI is InChI=1S/C32H46O4S/c1-4-5-11-20-31(2,30(35)36)21-12-9-7-6-8-10-13-28-27-19-18-26(34)22-29(27)37-23-32(28,3)24-14-16-25(33)17-15-24/h14-19,22,28,33-34H,4-13,20-21,23H2,1-3H3,(H,35,36)/t28-,31?,32-/m1/s1. The molecule has 0 spiro atoms. The molecule has 2 aromatic rings. The number of hydrogen-bond donors (Lipinski definition) is 3. The number of carboxylic acids is 1. The van der Waals surface area contributed by atoms with E-state index in [1.54, 1.807) is 12.1 Å². The molecule has 3 atom stereocenters. The number of carbonyl (C=O) groups is 1. The van der Waals surface area contributed by atoms with E-state index in [9.17, 15) is 20.1 Å². The van der Waals surface area contributed by atoms with Crippen LogP contribution in [0.2, 0.25) is 0 Å². The Hall–Kier alpha value is -2.14. The van der Waals surface area contributed by atoms with Crippen molar-refractivity contribution in [2.45, 2.75) is 114 Å². The molecule has 0 bridgehead atoms. The largest absolute Gasteiger partial charge is 0.508 e. The number of carboxylic acid groups (broad SMARTS) is 1. The lowest BCUT2D eigenvalue weighted by Crippen LogP contribution is -2.36. The molecule has 0 saturated carbocycles. The summed E-state index contributed by atoms with van der Waals surface area (Å²) in [6.07, 6.45) is 12.6. The van der Waals surface area contributed by atoms with Crippen molar-refractivity contribution in [2.24, 2.45) is 5.41 Å². The number of rotatable bonds is 15. The summed E-state index contributed by atoms with van der Waals surface area (Å²) in [7, 11) is 0. The van der Waals surface area contributed by atoms with Gasteiger partial charge in [0.25, 0.3) is 0 Å². The lowest BCUT2D eigenvalue weighted by molar-refractivity contribution is -0.149. The van der Waals surface area contributed by atoms with E-state index in [0.717, 1.165) is 70.0 Å². The highest BCUT2D eigenvalue weighted by molar-refractivity contribution is 7.99. The van der Waals surface area contributed by atoms with E-state index in [2.05, 4.69) is 32.0 Å². The van der Waals surface area contributed by atoms with Crippen LogP contribution in [0.1, 0.15) is 115 Å². The summed E-state index contributed by atoms with van der Waals surface area (Å²) in [6.45, 7) is 6.42. The van der Waals surface area contributed by atoms with Gasteiger partial charge in [0.1, 0.15) is 11.5 Å². The van der Waals surface area contributed by atoms with Crippen molar-refractivity contribution in [2.75, 3.05) is 5.75 Å². The fourth-order valence-electron chi connectivity index (χ4n) is 5.88. The minimum atomic E-state index is -0.639. The highest BCUT2D eigenvalue weighted by atomic mass is 32.2. The molecular formula is C32H46O4S. The van der Waals surface area contributed by atoms with Gasteiger partial charge in [0.15, 0.2) is 0 Å². The Labute approximate surface area is 227 Å². The van der Waals surface area contributed by atoms with Gasteiger partial charge in [-0.25, -0.2) is 0 Å². The van der Waals surface area contributed by atoms with Crippen LogP contribution in [0.4, 0.5) is 0 Å². The molecule has 0 radical (unpaired) electrons. The van der Waals surface area contributed by atoms with Crippen molar-refractivity contribution in [3.63, 3.8) is 0 Å². The van der Waals surface area contributed by atoms with Gasteiger partial charge >= 0.3 is 5.97 Å². The minimum absolute atomic E-state index is 0.0403. The molecule has 37 heavy (non-hydrogen) atoms. The zero-order chi connectivity index (χ0) is 26.9. The van der Waals surface area contributed by atoms with E-state index >= 15 is 0 Å². The third kappa shape index (κ3) is 7.69. The monoisotopic (exact) mass is 526 g/mol. The van der Waals surface area contributed by atoms with Gasteiger partial charge in [-0.05, 0) is 67.5 Å². The van der Waals surface area contributed by atoms with Crippen molar-refractivity contribution in [1.29, 1.82) is 0 Å². The molecule has 0 fully saturated rings. The number of benzene rings is 2. The molecule has 5 heteroatoms. The predicted molar refractivity (Wildman–Crippen MR) is 154 cm³/mol. The second-order valence-electron chi connectivity index (χ2n) is 11.5. The topological polar surface area (TPSA) is 77.8 Å². The number of aliphatic carboxylic acids is 1. The van der Waals surface area contributed by atoms with Crippen LogP contribution in [-0.2, 0) is 10.2 Å². The van der Waals surface area contributed by atoms with Crippen molar-refractivity contribution in [3.05, 3.63) is 53.6 Å². The Bertz CT molecular complexity index is 1000. The number of phenolic OH excluding ortho intramolecular Hbond substituents is 2.